The zero-order chi connectivity index (χ0) is 10.6. The summed E-state index contributed by atoms with van der Waals surface area (Å²) in [4.78, 5) is 11.6. The van der Waals surface area contributed by atoms with E-state index in [-0.39, 0.29) is 17.1 Å². The third-order valence-electron chi connectivity index (χ3n) is 3.31. The normalized spacial score (nSPS) is 21.1. The third kappa shape index (κ3) is 1.17. The van der Waals surface area contributed by atoms with Crippen LogP contribution in [0.1, 0.15) is 28.8 Å². The van der Waals surface area contributed by atoms with Crippen molar-refractivity contribution in [2.24, 2.45) is 0 Å². The van der Waals surface area contributed by atoms with Gasteiger partial charge in [0.25, 0.3) is 5.91 Å². The molecule has 1 aromatic carbocycles. The lowest BCUT2D eigenvalue weighted by molar-refractivity contribution is 0.0936. The van der Waals surface area contributed by atoms with Gasteiger partial charge in [0.05, 0.1) is 4.47 Å². The minimum absolute atomic E-state index is 0.114. The molecule has 1 aliphatic carbocycles. The molecule has 0 unspecified atom stereocenters. The van der Waals surface area contributed by atoms with Crippen molar-refractivity contribution in [3.8, 4) is 0 Å². The molecule has 1 amide bonds. The molecule has 0 atom stereocenters. The summed E-state index contributed by atoms with van der Waals surface area (Å²) in [5.74, 6) is -0.422. The second kappa shape index (κ2) is 2.82. The Morgan fingerprint density at radius 1 is 1.40 bits per heavy atom. The number of carbonyl (C=O) groups excluding carboxylic acids is 1. The van der Waals surface area contributed by atoms with E-state index >= 15 is 0 Å². The second-order valence-corrected chi connectivity index (χ2v) is 5.10. The lowest BCUT2D eigenvalue weighted by atomic mass is 9.87. The van der Waals surface area contributed by atoms with Crippen LogP contribution in [-0.4, -0.2) is 12.5 Å². The van der Waals surface area contributed by atoms with Gasteiger partial charge in [-0.3, -0.25) is 4.79 Å². The molecule has 2 nitrogen and oxygen atoms in total. The SMILES string of the molecule is O=C1NCC2(CC2)c2c1ccc(Br)c2F. The largest absolute Gasteiger partial charge is 0.351 e. The van der Waals surface area contributed by atoms with Gasteiger partial charge in [0, 0.05) is 23.1 Å². The number of hydrogen-bond donors (Lipinski definition) is 1. The molecule has 4 heteroatoms. The van der Waals surface area contributed by atoms with E-state index in [4.69, 9.17) is 0 Å². The standard InChI is InChI=1S/C11H9BrFNO/c12-7-2-1-6-8(9(7)13)11(3-4-11)5-14-10(6)15/h1-2H,3-5H2,(H,14,15). The molecule has 1 saturated carbocycles. The summed E-state index contributed by atoms with van der Waals surface area (Å²) in [6.45, 7) is 0.576. The Morgan fingerprint density at radius 2 is 2.13 bits per heavy atom. The lowest BCUT2D eigenvalue weighted by Crippen LogP contribution is -2.40. The number of halogens is 2. The molecule has 1 N–H and O–H groups in total. The number of carbonyl (C=O) groups is 1. The highest BCUT2D eigenvalue weighted by Crippen LogP contribution is 2.52. The maximum absolute atomic E-state index is 14.0. The number of benzene rings is 1. The topological polar surface area (TPSA) is 29.1 Å². The Balaban J connectivity index is 2.29. The Hall–Kier alpha value is -0.900. The van der Waals surface area contributed by atoms with Crippen LogP contribution in [0.25, 0.3) is 0 Å². The number of hydrogen-bond acceptors (Lipinski definition) is 1. The average Bonchev–Trinajstić information content (AvgIpc) is 2.98. The summed E-state index contributed by atoms with van der Waals surface area (Å²) in [6, 6.07) is 3.28. The smallest absolute Gasteiger partial charge is 0.251 e. The quantitative estimate of drug-likeness (QED) is 0.770. The van der Waals surface area contributed by atoms with Gasteiger partial charge in [-0.2, -0.15) is 0 Å². The van der Waals surface area contributed by atoms with E-state index in [2.05, 4.69) is 21.2 Å². The fraction of sp³-hybridized carbons (Fsp3) is 0.364. The van der Waals surface area contributed by atoms with Gasteiger partial charge in [-0.05, 0) is 40.9 Å². The summed E-state index contributed by atoms with van der Waals surface area (Å²) in [7, 11) is 0. The van der Waals surface area contributed by atoms with E-state index < -0.39 is 0 Å². The molecule has 15 heavy (non-hydrogen) atoms. The average molecular weight is 270 g/mol. The van der Waals surface area contributed by atoms with Gasteiger partial charge in [-0.15, -0.1) is 0 Å². The van der Waals surface area contributed by atoms with Crippen LogP contribution in [0.4, 0.5) is 4.39 Å². The van der Waals surface area contributed by atoms with Crippen molar-refractivity contribution in [1.29, 1.82) is 0 Å². The highest BCUT2D eigenvalue weighted by atomic mass is 79.9. The van der Waals surface area contributed by atoms with E-state index in [1.165, 1.54) is 0 Å². The first kappa shape index (κ1) is 9.33. The Kier molecular flexibility index (Phi) is 1.75. The third-order valence-corrected chi connectivity index (χ3v) is 3.92. The van der Waals surface area contributed by atoms with Crippen LogP contribution in [-0.2, 0) is 5.41 Å². The maximum Gasteiger partial charge on any atom is 0.251 e. The van der Waals surface area contributed by atoms with E-state index in [0.717, 1.165) is 12.8 Å². The van der Waals surface area contributed by atoms with Crippen molar-refractivity contribution in [1.82, 2.24) is 5.32 Å². The molecule has 1 aliphatic heterocycles. The van der Waals surface area contributed by atoms with Gasteiger partial charge in [0.15, 0.2) is 0 Å². The fourth-order valence-electron chi connectivity index (χ4n) is 2.27. The van der Waals surface area contributed by atoms with Crippen molar-refractivity contribution >= 4 is 21.8 Å². The van der Waals surface area contributed by atoms with Crippen LogP contribution in [0, 0.1) is 5.82 Å². The molecule has 0 saturated heterocycles. The molecular formula is C11H9BrFNO. The van der Waals surface area contributed by atoms with E-state index in [0.29, 0.717) is 22.1 Å². The maximum atomic E-state index is 14.0. The summed E-state index contributed by atoms with van der Waals surface area (Å²) in [6.07, 6.45) is 1.93. The molecule has 1 spiro atoms. The minimum Gasteiger partial charge on any atom is -0.351 e. The highest BCUT2D eigenvalue weighted by Gasteiger charge is 2.50. The second-order valence-electron chi connectivity index (χ2n) is 4.25. The van der Waals surface area contributed by atoms with Gasteiger partial charge in [0.1, 0.15) is 5.82 Å². The summed E-state index contributed by atoms with van der Waals surface area (Å²) in [5.41, 5.74) is 0.997. The van der Waals surface area contributed by atoms with Gasteiger partial charge in [-0.25, -0.2) is 4.39 Å². The predicted octanol–water partition coefficient (Wildman–Crippen LogP) is 2.36. The molecule has 1 aromatic rings. The molecular weight excluding hydrogens is 261 g/mol. The number of fused-ring (bicyclic) bond motifs is 2. The van der Waals surface area contributed by atoms with Gasteiger partial charge < -0.3 is 5.32 Å². The summed E-state index contributed by atoms with van der Waals surface area (Å²) in [5, 5.41) is 2.82. The number of amides is 1. The molecule has 0 aromatic heterocycles. The summed E-state index contributed by atoms with van der Waals surface area (Å²) < 4.78 is 14.4. The molecule has 0 radical (unpaired) electrons. The van der Waals surface area contributed by atoms with E-state index in [1.807, 2.05) is 0 Å². The van der Waals surface area contributed by atoms with Gasteiger partial charge in [-0.1, -0.05) is 0 Å². The molecule has 78 valence electrons. The van der Waals surface area contributed by atoms with Crippen LogP contribution < -0.4 is 5.32 Å². The monoisotopic (exact) mass is 269 g/mol. The molecule has 1 heterocycles. The van der Waals surface area contributed by atoms with E-state index in [1.54, 1.807) is 12.1 Å². The van der Waals surface area contributed by atoms with Crippen molar-refractivity contribution in [3.63, 3.8) is 0 Å². The van der Waals surface area contributed by atoms with Crippen molar-refractivity contribution in [2.45, 2.75) is 18.3 Å². The molecule has 1 fully saturated rings. The predicted molar refractivity (Wildman–Crippen MR) is 57.3 cm³/mol. The van der Waals surface area contributed by atoms with Crippen molar-refractivity contribution < 1.29 is 9.18 Å². The van der Waals surface area contributed by atoms with Gasteiger partial charge in [0.2, 0.25) is 0 Å². The summed E-state index contributed by atoms with van der Waals surface area (Å²) >= 11 is 3.17. The van der Waals surface area contributed by atoms with Crippen LogP contribution in [0.5, 0.6) is 0 Å². The molecule has 0 bridgehead atoms. The Bertz CT molecular complexity index is 468. The fourth-order valence-corrected chi connectivity index (χ4v) is 2.60. The zero-order valence-corrected chi connectivity index (χ0v) is 9.53. The van der Waals surface area contributed by atoms with E-state index in [9.17, 15) is 9.18 Å². The first-order valence-corrected chi connectivity index (χ1v) is 5.70. The van der Waals surface area contributed by atoms with Crippen molar-refractivity contribution in [2.75, 3.05) is 6.54 Å². The Labute approximate surface area is 95.0 Å². The van der Waals surface area contributed by atoms with Crippen LogP contribution in [0.15, 0.2) is 16.6 Å². The molecule has 3 rings (SSSR count). The minimum atomic E-state index is -0.264. The lowest BCUT2D eigenvalue weighted by Gasteiger charge is -2.26. The van der Waals surface area contributed by atoms with Crippen LogP contribution in [0.2, 0.25) is 0 Å². The highest BCUT2D eigenvalue weighted by molar-refractivity contribution is 9.10. The number of nitrogens with one attached hydrogen (secondary N) is 1. The Morgan fingerprint density at radius 3 is 2.80 bits per heavy atom. The van der Waals surface area contributed by atoms with Gasteiger partial charge >= 0.3 is 0 Å². The zero-order valence-electron chi connectivity index (χ0n) is 7.94. The van der Waals surface area contributed by atoms with Crippen LogP contribution >= 0.6 is 15.9 Å². The first-order valence-electron chi connectivity index (χ1n) is 4.91. The van der Waals surface area contributed by atoms with Crippen LogP contribution in [0.3, 0.4) is 0 Å². The van der Waals surface area contributed by atoms with Crippen molar-refractivity contribution in [3.05, 3.63) is 33.5 Å². The number of rotatable bonds is 0. The first-order chi connectivity index (χ1) is 7.14. The molecule has 2 aliphatic rings.